The minimum atomic E-state index is -3.26. The van der Waals surface area contributed by atoms with Crippen LogP contribution in [-0.2, 0) is 10.0 Å². The number of amides is 1. The second-order valence-electron chi connectivity index (χ2n) is 5.13. The number of hydrogen-bond acceptors (Lipinski definition) is 3. The first-order chi connectivity index (χ1) is 10.3. The minimum absolute atomic E-state index is 0.0858. The zero-order valence-corrected chi connectivity index (χ0v) is 13.8. The Hall–Kier alpha value is -1.18. The molecular formula is C14H18ClFN2O3S. The van der Waals surface area contributed by atoms with Gasteiger partial charge in [0.15, 0.2) is 0 Å². The number of sulfonamides is 1. The predicted molar refractivity (Wildman–Crippen MR) is 83.0 cm³/mol. The van der Waals surface area contributed by atoms with Crippen molar-refractivity contribution in [1.29, 1.82) is 0 Å². The van der Waals surface area contributed by atoms with Gasteiger partial charge in [-0.1, -0.05) is 18.5 Å². The summed E-state index contributed by atoms with van der Waals surface area (Å²) in [6, 6.07) is 3.82. The lowest BCUT2D eigenvalue weighted by atomic mass is 10.1. The zero-order chi connectivity index (χ0) is 16.3. The fourth-order valence-electron chi connectivity index (χ4n) is 2.39. The van der Waals surface area contributed by atoms with Crippen molar-refractivity contribution in [2.45, 2.75) is 13.3 Å². The van der Waals surface area contributed by atoms with E-state index in [9.17, 15) is 17.6 Å². The topological polar surface area (TPSA) is 57.7 Å². The van der Waals surface area contributed by atoms with Crippen molar-refractivity contribution in [1.82, 2.24) is 9.21 Å². The van der Waals surface area contributed by atoms with Crippen molar-refractivity contribution < 1.29 is 17.6 Å². The van der Waals surface area contributed by atoms with Crippen molar-refractivity contribution >= 4 is 27.5 Å². The van der Waals surface area contributed by atoms with Crippen LogP contribution in [0, 0.1) is 5.82 Å². The van der Waals surface area contributed by atoms with Crippen LogP contribution < -0.4 is 0 Å². The lowest BCUT2D eigenvalue weighted by Crippen LogP contribution is -2.51. The maximum atomic E-state index is 13.7. The lowest BCUT2D eigenvalue weighted by Gasteiger charge is -2.34. The van der Waals surface area contributed by atoms with Crippen LogP contribution in [0.5, 0.6) is 0 Å². The van der Waals surface area contributed by atoms with E-state index in [4.69, 9.17) is 11.6 Å². The molecule has 1 aromatic carbocycles. The molecular weight excluding hydrogens is 331 g/mol. The summed E-state index contributed by atoms with van der Waals surface area (Å²) in [5, 5.41) is 0.286. The Morgan fingerprint density at radius 2 is 1.91 bits per heavy atom. The zero-order valence-electron chi connectivity index (χ0n) is 12.3. The van der Waals surface area contributed by atoms with Crippen molar-refractivity contribution in [3.63, 3.8) is 0 Å². The van der Waals surface area contributed by atoms with E-state index in [1.54, 1.807) is 6.92 Å². The molecule has 0 spiro atoms. The lowest BCUT2D eigenvalue weighted by molar-refractivity contribution is 0.0693. The molecule has 0 N–H and O–H groups in total. The van der Waals surface area contributed by atoms with Gasteiger partial charge < -0.3 is 4.90 Å². The van der Waals surface area contributed by atoms with E-state index in [1.807, 2.05) is 0 Å². The first-order valence-corrected chi connectivity index (χ1v) is 9.06. The number of rotatable bonds is 4. The monoisotopic (exact) mass is 348 g/mol. The van der Waals surface area contributed by atoms with Gasteiger partial charge >= 0.3 is 0 Å². The summed E-state index contributed by atoms with van der Waals surface area (Å²) >= 11 is 5.79. The molecule has 1 aliphatic rings. The molecule has 0 aromatic heterocycles. The Morgan fingerprint density at radius 3 is 2.50 bits per heavy atom. The number of carbonyl (C=O) groups is 1. The van der Waals surface area contributed by atoms with Crippen LogP contribution in [0.4, 0.5) is 4.39 Å². The number of carbonyl (C=O) groups excluding carboxylic acids is 1. The second kappa shape index (κ2) is 6.93. The van der Waals surface area contributed by atoms with Gasteiger partial charge in [0.2, 0.25) is 10.0 Å². The van der Waals surface area contributed by atoms with Crippen LogP contribution in [0.2, 0.25) is 5.02 Å². The van der Waals surface area contributed by atoms with Crippen molar-refractivity contribution in [2.75, 3.05) is 31.9 Å². The number of hydrogen-bond donors (Lipinski definition) is 0. The van der Waals surface area contributed by atoms with Crippen molar-refractivity contribution in [3.8, 4) is 0 Å². The van der Waals surface area contributed by atoms with E-state index < -0.39 is 21.7 Å². The van der Waals surface area contributed by atoms with E-state index in [2.05, 4.69) is 0 Å². The summed E-state index contributed by atoms with van der Waals surface area (Å²) in [7, 11) is -3.26. The standard InChI is InChI=1S/C14H18ClFN2O3S/c1-2-9-22(20,21)18-7-5-17(6-8-18)14(19)12-10-11(15)3-4-13(12)16/h3-4,10H,2,5-9H2,1H3. The molecule has 0 atom stereocenters. The average Bonchev–Trinajstić information content (AvgIpc) is 2.49. The average molecular weight is 349 g/mol. The van der Waals surface area contributed by atoms with Gasteiger partial charge in [-0.25, -0.2) is 12.8 Å². The first-order valence-electron chi connectivity index (χ1n) is 7.07. The van der Waals surface area contributed by atoms with Crippen LogP contribution in [0.25, 0.3) is 0 Å². The van der Waals surface area contributed by atoms with E-state index in [1.165, 1.54) is 21.3 Å². The molecule has 122 valence electrons. The smallest absolute Gasteiger partial charge is 0.256 e. The number of halogens is 2. The van der Waals surface area contributed by atoms with Crippen LogP contribution in [-0.4, -0.2) is 55.5 Å². The molecule has 5 nitrogen and oxygen atoms in total. The Labute approximate surface area is 134 Å². The maximum absolute atomic E-state index is 13.7. The predicted octanol–water partition coefficient (Wildman–Crippen LogP) is 1.98. The molecule has 8 heteroatoms. The van der Waals surface area contributed by atoms with Gasteiger partial charge in [0, 0.05) is 31.2 Å². The molecule has 22 heavy (non-hydrogen) atoms. The fourth-order valence-corrected chi connectivity index (χ4v) is 4.05. The van der Waals surface area contributed by atoms with Crippen LogP contribution in [0.3, 0.4) is 0 Å². The largest absolute Gasteiger partial charge is 0.336 e. The van der Waals surface area contributed by atoms with E-state index >= 15 is 0 Å². The number of nitrogens with zero attached hydrogens (tertiary/aromatic N) is 2. The molecule has 1 heterocycles. The highest BCUT2D eigenvalue weighted by Crippen LogP contribution is 2.18. The summed E-state index contributed by atoms with van der Waals surface area (Å²) in [4.78, 5) is 13.8. The first kappa shape index (κ1) is 17.2. The number of piperazine rings is 1. The van der Waals surface area contributed by atoms with E-state index in [0.29, 0.717) is 6.42 Å². The van der Waals surface area contributed by atoms with Gasteiger partial charge in [0.1, 0.15) is 5.82 Å². The summed E-state index contributed by atoms with van der Waals surface area (Å²) in [6.45, 7) is 2.76. The van der Waals surface area contributed by atoms with Gasteiger partial charge in [-0.2, -0.15) is 4.31 Å². The highest BCUT2D eigenvalue weighted by molar-refractivity contribution is 7.89. The molecule has 0 aliphatic carbocycles. The molecule has 0 radical (unpaired) electrons. The third-order valence-electron chi connectivity index (χ3n) is 3.54. The number of benzene rings is 1. The molecule has 1 fully saturated rings. The molecule has 0 bridgehead atoms. The van der Waals surface area contributed by atoms with Crippen molar-refractivity contribution in [2.24, 2.45) is 0 Å². The molecule has 1 saturated heterocycles. The third kappa shape index (κ3) is 3.77. The quantitative estimate of drug-likeness (QED) is 0.836. The SMILES string of the molecule is CCCS(=O)(=O)N1CCN(C(=O)c2cc(Cl)ccc2F)CC1. The van der Waals surface area contributed by atoms with Crippen LogP contribution >= 0.6 is 11.6 Å². The Morgan fingerprint density at radius 1 is 1.27 bits per heavy atom. The maximum Gasteiger partial charge on any atom is 0.256 e. The summed E-state index contributed by atoms with van der Waals surface area (Å²) in [5.74, 6) is -0.993. The van der Waals surface area contributed by atoms with Crippen LogP contribution in [0.1, 0.15) is 23.7 Å². The van der Waals surface area contributed by atoms with Crippen LogP contribution in [0.15, 0.2) is 18.2 Å². The Kier molecular flexibility index (Phi) is 5.41. The van der Waals surface area contributed by atoms with E-state index in [-0.39, 0.29) is 42.5 Å². The molecule has 0 saturated carbocycles. The normalized spacial score (nSPS) is 16.8. The molecule has 1 aromatic rings. The van der Waals surface area contributed by atoms with Gasteiger partial charge in [-0.3, -0.25) is 4.79 Å². The Bertz CT molecular complexity index is 658. The Balaban J connectivity index is 2.05. The fraction of sp³-hybridized carbons (Fsp3) is 0.500. The third-order valence-corrected chi connectivity index (χ3v) is 5.85. The van der Waals surface area contributed by atoms with E-state index in [0.717, 1.165) is 6.07 Å². The van der Waals surface area contributed by atoms with Gasteiger partial charge in [0.05, 0.1) is 11.3 Å². The second-order valence-corrected chi connectivity index (χ2v) is 7.66. The molecule has 0 unspecified atom stereocenters. The summed E-state index contributed by atoms with van der Waals surface area (Å²) in [6.07, 6.45) is 0.551. The van der Waals surface area contributed by atoms with Crippen molar-refractivity contribution in [3.05, 3.63) is 34.6 Å². The molecule has 2 rings (SSSR count). The molecule has 1 amide bonds. The van der Waals surface area contributed by atoms with Gasteiger partial charge in [0.25, 0.3) is 5.91 Å². The molecule has 1 aliphatic heterocycles. The van der Waals surface area contributed by atoms with Gasteiger partial charge in [-0.15, -0.1) is 0 Å². The highest BCUT2D eigenvalue weighted by Gasteiger charge is 2.29. The highest BCUT2D eigenvalue weighted by atomic mass is 35.5. The summed E-state index contributed by atoms with van der Waals surface area (Å²) in [5.41, 5.74) is -0.0858. The summed E-state index contributed by atoms with van der Waals surface area (Å²) < 4.78 is 39.1. The minimum Gasteiger partial charge on any atom is -0.336 e. The van der Waals surface area contributed by atoms with Gasteiger partial charge in [-0.05, 0) is 24.6 Å².